The number of hydrogen-bond acceptors (Lipinski definition) is 4. The highest BCUT2D eigenvalue weighted by Crippen LogP contribution is 2.19. The molecule has 0 spiro atoms. The fraction of sp³-hybridized carbons (Fsp3) is 0.429. The molecule has 0 radical (unpaired) electrons. The molecule has 102 valence electrons. The Bertz CT molecular complexity index is 515. The van der Waals surface area contributed by atoms with E-state index in [9.17, 15) is 9.18 Å². The molecule has 1 aromatic rings. The van der Waals surface area contributed by atoms with E-state index in [-0.39, 0.29) is 17.7 Å². The van der Waals surface area contributed by atoms with Gasteiger partial charge in [-0.1, -0.05) is 26.8 Å². The van der Waals surface area contributed by atoms with E-state index in [1.54, 1.807) is 0 Å². The van der Waals surface area contributed by atoms with Gasteiger partial charge in [-0.25, -0.2) is 4.39 Å². The van der Waals surface area contributed by atoms with Crippen LogP contribution in [0.1, 0.15) is 31.9 Å². The lowest BCUT2D eigenvalue weighted by atomic mass is 9.87. The van der Waals surface area contributed by atoms with Crippen LogP contribution in [0.15, 0.2) is 18.2 Å². The summed E-state index contributed by atoms with van der Waals surface area (Å²) >= 11 is 0. The first-order valence-electron chi connectivity index (χ1n) is 5.86. The monoisotopic (exact) mass is 264 g/mol. The van der Waals surface area contributed by atoms with Crippen molar-refractivity contribution in [1.82, 2.24) is 0 Å². The second-order valence-corrected chi connectivity index (χ2v) is 5.37. The van der Waals surface area contributed by atoms with Gasteiger partial charge in [-0.2, -0.15) is 5.26 Å². The van der Waals surface area contributed by atoms with Gasteiger partial charge in [0.05, 0.1) is 11.6 Å². The lowest BCUT2D eigenvalue weighted by Gasteiger charge is -2.24. The Morgan fingerprint density at radius 3 is 2.63 bits per heavy atom. The highest BCUT2D eigenvalue weighted by Gasteiger charge is 2.28. The lowest BCUT2D eigenvalue weighted by molar-refractivity contribution is -0.149. The van der Waals surface area contributed by atoms with E-state index >= 15 is 0 Å². The molecule has 19 heavy (non-hydrogen) atoms. The standard InChI is InChI=1S/C14H17FN2O2/c1-14(2,3)12(17)13(18)19-8-10-5-4-9(7-16)6-11(10)15/h4-6,12H,8,17H2,1-3H3. The van der Waals surface area contributed by atoms with Gasteiger partial charge in [0, 0.05) is 5.56 Å². The van der Waals surface area contributed by atoms with Crippen LogP contribution >= 0.6 is 0 Å². The Labute approximate surface area is 112 Å². The Kier molecular flexibility index (Phi) is 4.62. The summed E-state index contributed by atoms with van der Waals surface area (Å²) < 4.78 is 18.5. The topological polar surface area (TPSA) is 76.1 Å². The van der Waals surface area contributed by atoms with Gasteiger partial charge in [0.2, 0.25) is 0 Å². The smallest absolute Gasteiger partial charge is 0.323 e. The number of nitriles is 1. The first kappa shape index (κ1) is 15.1. The Balaban J connectivity index is 2.68. The van der Waals surface area contributed by atoms with Crippen LogP contribution in [0.2, 0.25) is 0 Å². The molecule has 4 nitrogen and oxygen atoms in total. The third-order valence-electron chi connectivity index (χ3n) is 2.74. The average molecular weight is 264 g/mol. The zero-order valence-corrected chi connectivity index (χ0v) is 11.2. The van der Waals surface area contributed by atoms with Crippen LogP contribution < -0.4 is 5.73 Å². The van der Waals surface area contributed by atoms with Crippen LogP contribution in [0.25, 0.3) is 0 Å². The van der Waals surface area contributed by atoms with E-state index < -0.39 is 23.2 Å². The van der Waals surface area contributed by atoms with Gasteiger partial charge >= 0.3 is 5.97 Å². The number of ether oxygens (including phenoxy) is 1. The number of carbonyl (C=O) groups excluding carboxylic acids is 1. The number of halogens is 1. The number of carbonyl (C=O) groups is 1. The molecule has 0 saturated carbocycles. The summed E-state index contributed by atoms with van der Waals surface area (Å²) in [5, 5.41) is 8.61. The average Bonchev–Trinajstić information content (AvgIpc) is 2.34. The molecule has 1 aromatic carbocycles. The molecule has 0 aliphatic heterocycles. The molecule has 5 heteroatoms. The molecular formula is C14H17FN2O2. The van der Waals surface area contributed by atoms with E-state index in [0.717, 1.165) is 6.07 Å². The van der Waals surface area contributed by atoms with E-state index in [2.05, 4.69) is 0 Å². The molecule has 1 rings (SSSR count). The summed E-state index contributed by atoms with van der Waals surface area (Å²) in [6.45, 7) is 5.27. The van der Waals surface area contributed by atoms with Crippen LogP contribution in [0, 0.1) is 22.6 Å². The van der Waals surface area contributed by atoms with Gasteiger partial charge in [-0.05, 0) is 17.5 Å². The maximum absolute atomic E-state index is 13.5. The van der Waals surface area contributed by atoms with Crippen molar-refractivity contribution in [3.05, 3.63) is 35.1 Å². The molecular weight excluding hydrogens is 247 g/mol. The van der Waals surface area contributed by atoms with Crippen molar-refractivity contribution in [2.24, 2.45) is 11.1 Å². The van der Waals surface area contributed by atoms with Gasteiger partial charge in [-0.15, -0.1) is 0 Å². The summed E-state index contributed by atoms with van der Waals surface area (Å²) in [7, 11) is 0. The maximum Gasteiger partial charge on any atom is 0.323 e. The molecule has 0 aromatic heterocycles. The quantitative estimate of drug-likeness (QED) is 0.848. The molecule has 1 unspecified atom stereocenters. The lowest BCUT2D eigenvalue weighted by Crippen LogP contribution is -2.43. The van der Waals surface area contributed by atoms with E-state index in [4.69, 9.17) is 15.7 Å². The minimum atomic E-state index is -0.769. The van der Waals surface area contributed by atoms with Crippen LogP contribution in [0.5, 0.6) is 0 Å². The van der Waals surface area contributed by atoms with Crippen molar-refractivity contribution in [3.63, 3.8) is 0 Å². The Morgan fingerprint density at radius 1 is 1.53 bits per heavy atom. The molecule has 0 amide bonds. The Morgan fingerprint density at radius 2 is 2.16 bits per heavy atom. The van der Waals surface area contributed by atoms with Gasteiger partial charge < -0.3 is 10.5 Å². The number of rotatable bonds is 3. The molecule has 0 fully saturated rings. The van der Waals surface area contributed by atoms with Crippen LogP contribution in [-0.4, -0.2) is 12.0 Å². The number of nitrogens with zero attached hydrogens (tertiary/aromatic N) is 1. The summed E-state index contributed by atoms with van der Waals surface area (Å²) in [5.41, 5.74) is 5.75. The fourth-order valence-electron chi connectivity index (χ4n) is 1.33. The highest BCUT2D eigenvalue weighted by molar-refractivity contribution is 5.76. The third kappa shape index (κ3) is 4.04. The third-order valence-corrected chi connectivity index (χ3v) is 2.74. The first-order valence-corrected chi connectivity index (χ1v) is 5.86. The number of benzene rings is 1. The highest BCUT2D eigenvalue weighted by atomic mass is 19.1. The molecule has 0 saturated heterocycles. The second kappa shape index (κ2) is 5.81. The first-order chi connectivity index (χ1) is 8.75. The zero-order valence-electron chi connectivity index (χ0n) is 11.2. The van der Waals surface area contributed by atoms with E-state index in [1.165, 1.54) is 12.1 Å². The molecule has 2 N–H and O–H groups in total. The fourth-order valence-corrected chi connectivity index (χ4v) is 1.33. The number of hydrogen-bond donors (Lipinski definition) is 1. The molecule has 0 bridgehead atoms. The van der Waals surface area contributed by atoms with Crippen LogP contribution in [0.3, 0.4) is 0 Å². The SMILES string of the molecule is CC(C)(C)C(N)C(=O)OCc1ccc(C#N)cc1F. The molecule has 0 aliphatic rings. The molecule has 0 heterocycles. The predicted octanol–water partition coefficient (Wildman–Crippen LogP) is 2.11. The maximum atomic E-state index is 13.5. The molecule has 0 aliphatic carbocycles. The van der Waals surface area contributed by atoms with Crippen molar-refractivity contribution < 1.29 is 13.9 Å². The van der Waals surface area contributed by atoms with Crippen molar-refractivity contribution in [2.75, 3.05) is 0 Å². The second-order valence-electron chi connectivity index (χ2n) is 5.37. The summed E-state index contributed by atoms with van der Waals surface area (Å²) in [4.78, 5) is 11.7. The van der Waals surface area contributed by atoms with E-state index in [1.807, 2.05) is 26.8 Å². The minimum Gasteiger partial charge on any atom is -0.460 e. The summed E-state index contributed by atoms with van der Waals surface area (Å²) in [6, 6.07) is 5.05. The summed E-state index contributed by atoms with van der Waals surface area (Å²) in [5.74, 6) is -1.15. The van der Waals surface area contributed by atoms with Gasteiger partial charge in [-0.3, -0.25) is 4.79 Å². The normalized spacial score (nSPS) is 12.6. The predicted molar refractivity (Wildman–Crippen MR) is 68.3 cm³/mol. The summed E-state index contributed by atoms with van der Waals surface area (Å²) in [6.07, 6.45) is 0. The Hall–Kier alpha value is -1.93. The van der Waals surface area contributed by atoms with Gasteiger partial charge in [0.15, 0.2) is 0 Å². The van der Waals surface area contributed by atoms with E-state index in [0.29, 0.717) is 0 Å². The van der Waals surface area contributed by atoms with Gasteiger partial charge in [0.25, 0.3) is 0 Å². The van der Waals surface area contributed by atoms with Crippen LogP contribution in [-0.2, 0) is 16.1 Å². The van der Waals surface area contributed by atoms with Gasteiger partial charge in [0.1, 0.15) is 18.5 Å². The number of nitrogens with two attached hydrogens (primary N) is 1. The van der Waals surface area contributed by atoms with Crippen LogP contribution in [0.4, 0.5) is 4.39 Å². The number of esters is 1. The van der Waals surface area contributed by atoms with Crippen molar-refractivity contribution >= 4 is 5.97 Å². The largest absolute Gasteiger partial charge is 0.460 e. The van der Waals surface area contributed by atoms with Crippen molar-refractivity contribution in [3.8, 4) is 6.07 Å². The van der Waals surface area contributed by atoms with Crippen molar-refractivity contribution in [1.29, 1.82) is 5.26 Å². The van der Waals surface area contributed by atoms with Crippen molar-refractivity contribution in [2.45, 2.75) is 33.4 Å². The minimum absolute atomic E-state index is 0.194. The zero-order chi connectivity index (χ0) is 14.6. The molecule has 1 atom stereocenters.